The molecule has 0 saturated carbocycles. The number of rotatable bonds is 3. The third-order valence-corrected chi connectivity index (χ3v) is 5.60. The molecule has 6 nitrogen and oxygen atoms in total. The average molecular weight is 346 g/mol. The summed E-state index contributed by atoms with van der Waals surface area (Å²) in [5, 5.41) is 2.52. The molecule has 1 aliphatic rings. The highest BCUT2D eigenvalue weighted by molar-refractivity contribution is 7.90. The van der Waals surface area contributed by atoms with Crippen molar-refractivity contribution in [2.75, 3.05) is 5.32 Å². The lowest BCUT2D eigenvalue weighted by molar-refractivity contribution is 0.0415. The minimum absolute atomic E-state index is 0.166. The third kappa shape index (κ3) is 3.12. The molecular formula is C17H18N2O4S. The van der Waals surface area contributed by atoms with E-state index in [0.717, 1.165) is 5.56 Å². The number of anilines is 1. The summed E-state index contributed by atoms with van der Waals surface area (Å²) < 4.78 is 30.4. The number of hydrogen-bond donors (Lipinski definition) is 1. The summed E-state index contributed by atoms with van der Waals surface area (Å²) in [6.45, 7) is 5.38. The number of hydrogen-bond acceptors (Lipinski definition) is 5. The number of nitrogens with one attached hydrogen (secondary N) is 1. The number of fused-ring (bicyclic) bond motifs is 1. The lowest BCUT2D eigenvalue weighted by Gasteiger charge is -2.31. The molecule has 7 heteroatoms. The van der Waals surface area contributed by atoms with Gasteiger partial charge in [-0.3, -0.25) is 5.32 Å². The van der Waals surface area contributed by atoms with Crippen LogP contribution in [0.15, 0.2) is 41.4 Å². The topological polar surface area (TPSA) is 85.4 Å². The molecule has 1 aromatic heterocycles. The van der Waals surface area contributed by atoms with E-state index in [1.54, 1.807) is 44.2 Å². The number of carbonyl (C=O) groups is 1. The Kier molecular flexibility index (Phi) is 3.83. The smallest absolute Gasteiger partial charge is 0.413 e. The number of carbonyl (C=O) groups excluding carboxylic acids is 1. The van der Waals surface area contributed by atoms with Crippen LogP contribution in [0, 0.1) is 6.92 Å². The van der Waals surface area contributed by atoms with Gasteiger partial charge in [-0.2, -0.15) is 0 Å². The molecule has 1 amide bonds. The molecule has 126 valence electrons. The second-order valence-corrected chi connectivity index (χ2v) is 8.33. The van der Waals surface area contributed by atoms with Gasteiger partial charge in [0.25, 0.3) is 0 Å². The first-order chi connectivity index (χ1) is 11.2. The Morgan fingerprint density at radius 1 is 1.21 bits per heavy atom. The van der Waals surface area contributed by atoms with Crippen molar-refractivity contribution in [1.82, 2.24) is 4.98 Å². The predicted octanol–water partition coefficient (Wildman–Crippen LogP) is 3.16. The minimum atomic E-state index is -3.47. The van der Waals surface area contributed by atoms with E-state index >= 15 is 0 Å². The van der Waals surface area contributed by atoms with E-state index in [0.29, 0.717) is 16.9 Å². The number of aryl methyl sites for hydroxylation is 1. The molecule has 0 aliphatic carbocycles. The molecule has 0 saturated heterocycles. The Labute approximate surface area is 140 Å². The van der Waals surface area contributed by atoms with Crippen molar-refractivity contribution < 1.29 is 17.9 Å². The van der Waals surface area contributed by atoms with Crippen LogP contribution in [0.5, 0.6) is 0 Å². The van der Waals surface area contributed by atoms with Crippen molar-refractivity contribution in [2.45, 2.75) is 37.0 Å². The van der Waals surface area contributed by atoms with Gasteiger partial charge in [0.2, 0.25) is 0 Å². The van der Waals surface area contributed by atoms with Crippen LogP contribution in [0.25, 0.3) is 0 Å². The summed E-state index contributed by atoms with van der Waals surface area (Å²) in [6.07, 6.45) is 0.895. The number of nitrogens with zero attached hydrogens (tertiary/aromatic N) is 1. The first-order valence-electron chi connectivity index (χ1n) is 7.46. The summed E-state index contributed by atoms with van der Waals surface area (Å²) in [4.78, 5) is 16.0. The SMILES string of the molecule is Cc1ccc(S(=O)(=O)Cc2cnc3c(c2)C(C)(C)OC(=O)N3)cc1. The first kappa shape index (κ1) is 16.4. The van der Waals surface area contributed by atoms with Crippen LogP contribution in [0.3, 0.4) is 0 Å². The minimum Gasteiger partial charge on any atom is -0.438 e. The zero-order valence-electron chi connectivity index (χ0n) is 13.7. The van der Waals surface area contributed by atoms with Crippen LogP contribution in [-0.4, -0.2) is 19.5 Å². The average Bonchev–Trinajstić information content (AvgIpc) is 2.47. The highest BCUT2D eigenvalue weighted by Gasteiger charge is 2.34. The third-order valence-electron chi connectivity index (χ3n) is 3.90. The molecule has 0 radical (unpaired) electrons. The molecule has 2 aromatic rings. The largest absolute Gasteiger partial charge is 0.438 e. The van der Waals surface area contributed by atoms with Crippen LogP contribution >= 0.6 is 0 Å². The summed E-state index contributed by atoms with van der Waals surface area (Å²) in [7, 11) is -3.47. The molecule has 1 N–H and O–H groups in total. The lowest BCUT2D eigenvalue weighted by atomic mass is 9.96. The Balaban J connectivity index is 1.94. The highest BCUT2D eigenvalue weighted by atomic mass is 32.2. The molecular weight excluding hydrogens is 328 g/mol. The van der Waals surface area contributed by atoms with E-state index in [1.807, 2.05) is 6.92 Å². The number of amides is 1. The molecule has 1 aromatic carbocycles. The van der Waals surface area contributed by atoms with Crippen molar-refractivity contribution in [3.8, 4) is 0 Å². The van der Waals surface area contributed by atoms with Crippen LogP contribution in [0.1, 0.15) is 30.5 Å². The number of ether oxygens (including phenoxy) is 1. The molecule has 0 unspecified atom stereocenters. The van der Waals surface area contributed by atoms with E-state index in [2.05, 4.69) is 10.3 Å². The van der Waals surface area contributed by atoms with Crippen molar-refractivity contribution in [3.05, 3.63) is 53.2 Å². The normalized spacial score (nSPS) is 16.0. The van der Waals surface area contributed by atoms with Crippen molar-refractivity contribution in [2.24, 2.45) is 0 Å². The molecule has 0 fully saturated rings. The quantitative estimate of drug-likeness (QED) is 0.923. The highest BCUT2D eigenvalue weighted by Crippen LogP contribution is 2.35. The maximum Gasteiger partial charge on any atom is 0.413 e. The zero-order valence-corrected chi connectivity index (χ0v) is 14.5. The van der Waals surface area contributed by atoms with E-state index in [1.165, 1.54) is 6.20 Å². The second kappa shape index (κ2) is 5.59. The number of pyridine rings is 1. The van der Waals surface area contributed by atoms with Gasteiger partial charge in [-0.05, 0) is 44.5 Å². The van der Waals surface area contributed by atoms with Gasteiger partial charge in [-0.25, -0.2) is 18.2 Å². The predicted molar refractivity (Wildman–Crippen MR) is 89.4 cm³/mol. The summed E-state index contributed by atoms with van der Waals surface area (Å²) in [5.74, 6) is 0.230. The van der Waals surface area contributed by atoms with Crippen LogP contribution in [-0.2, 0) is 25.9 Å². The second-order valence-electron chi connectivity index (χ2n) is 6.34. The molecule has 2 heterocycles. The van der Waals surface area contributed by atoms with Gasteiger partial charge in [0, 0.05) is 11.8 Å². The number of aromatic nitrogens is 1. The summed E-state index contributed by atoms with van der Waals surface area (Å²) in [5.41, 5.74) is 1.33. The lowest BCUT2D eigenvalue weighted by Crippen LogP contribution is -2.35. The molecule has 0 spiro atoms. The van der Waals surface area contributed by atoms with Gasteiger partial charge in [-0.15, -0.1) is 0 Å². The monoisotopic (exact) mass is 346 g/mol. The van der Waals surface area contributed by atoms with Crippen LogP contribution < -0.4 is 5.32 Å². The summed E-state index contributed by atoms with van der Waals surface area (Å²) >= 11 is 0. The first-order valence-corrected chi connectivity index (χ1v) is 9.11. The maximum absolute atomic E-state index is 12.6. The Bertz CT molecular complexity index is 903. The van der Waals surface area contributed by atoms with Crippen molar-refractivity contribution in [3.63, 3.8) is 0 Å². The Morgan fingerprint density at radius 2 is 1.88 bits per heavy atom. The van der Waals surface area contributed by atoms with Gasteiger partial charge in [0.1, 0.15) is 11.4 Å². The van der Waals surface area contributed by atoms with Gasteiger partial charge in [0.15, 0.2) is 9.84 Å². The summed E-state index contributed by atoms with van der Waals surface area (Å²) in [6, 6.07) is 8.45. The fourth-order valence-corrected chi connectivity index (χ4v) is 3.92. The van der Waals surface area contributed by atoms with Crippen molar-refractivity contribution in [1.29, 1.82) is 0 Å². The van der Waals surface area contributed by atoms with Gasteiger partial charge >= 0.3 is 6.09 Å². The van der Waals surface area contributed by atoms with Crippen LogP contribution in [0.2, 0.25) is 0 Å². The standard InChI is InChI=1S/C17H18N2O4S/c1-11-4-6-13(7-5-11)24(21,22)10-12-8-14-15(18-9-12)19-16(20)23-17(14,2)3/h4-9H,10H2,1-3H3,(H,18,19,20). The fourth-order valence-electron chi connectivity index (χ4n) is 2.60. The van der Waals surface area contributed by atoms with Crippen LogP contribution in [0.4, 0.5) is 10.6 Å². The van der Waals surface area contributed by atoms with E-state index in [9.17, 15) is 13.2 Å². The van der Waals surface area contributed by atoms with Gasteiger partial charge < -0.3 is 4.74 Å². The maximum atomic E-state index is 12.6. The Hall–Kier alpha value is -2.41. The number of benzene rings is 1. The molecule has 0 bridgehead atoms. The van der Waals surface area contributed by atoms with Gasteiger partial charge in [-0.1, -0.05) is 17.7 Å². The number of cyclic esters (lactones) is 1. The zero-order chi connectivity index (χ0) is 17.5. The molecule has 0 atom stereocenters. The molecule has 24 heavy (non-hydrogen) atoms. The van der Waals surface area contributed by atoms with Gasteiger partial charge in [0.05, 0.1) is 10.6 Å². The number of sulfone groups is 1. The fraction of sp³-hybridized carbons (Fsp3) is 0.294. The van der Waals surface area contributed by atoms with Crippen molar-refractivity contribution >= 4 is 21.7 Å². The molecule has 3 rings (SSSR count). The Morgan fingerprint density at radius 3 is 2.54 bits per heavy atom. The van der Waals surface area contributed by atoms with E-state index in [4.69, 9.17) is 4.74 Å². The molecule has 1 aliphatic heterocycles. The van der Waals surface area contributed by atoms with E-state index in [-0.39, 0.29) is 10.6 Å². The van der Waals surface area contributed by atoms with E-state index < -0.39 is 21.5 Å².